The van der Waals surface area contributed by atoms with Crippen LogP contribution in [-0.2, 0) is 18.4 Å². The molecule has 0 rings (SSSR count). The van der Waals surface area contributed by atoms with Crippen molar-refractivity contribution < 1.29 is 32.9 Å². The zero-order chi connectivity index (χ0) is 39.3. The van der Waals surface area contributed by atoms with Gasteiger partial charge in [-0.1, -0.05) is 130 Å². The highest BCUT2D eigenvalue weighted by molar-refractivity contribution is 7.45. The first kappa shape index (κ1) is 50.4. The Morgan fingerprint density at radius 1 is 0.660 bits per heavy atom. The normalized spacial score (nSPS) is 15.5. The van der Waals surface area contributed by atoms with Gasteiger partial charge in [0.1, 0.15) is 13.2 Å². The number of nitrogens with one attached hydrogen (secondary N) is 1. The van der Waals surface area contributed by atoms with Gasteiger partial charge in [0.15, 0.2) is 0 Å². The van der Waals surface area contributed by atoms with Crippen molar-refractivity contribution >= 4 is 13.7 Å². The Labute approximate surface area is 324 Å². The quantitative estimate of drug-likeness (QED) is 0.0293. The lowest BCUT2D eigenvalue weighted by Crippen LogP contribution is -2.45. The first-order valence-electron chi connectivity index (χ1n) is 20.1. The lowest BCUT2D eigenvalue weighted by atomic mass is 10.1. The molecular weight excluding hydrogens is 683 g/mol. The van der Waals surface area contributed by atoms with Crippen LogP contribution in [0.4, 0.5) is 0 Å². The molecule has 8 nitrogen and oxygen atoms in total. The predicted molar refractivity (Wildman–Crippen MR) is 223 cm³/mol. The number of carbonyl (C=O) groups is 1. The van der Waals surface area contributed by atoms with E-state index in [-0.39, 0.29) is 12.5 Å². The second-order valence-electron chi connectivity index (χ2n) is 14.2. The van der Waals surface area contributed by atoms with Gasteiger partial charge in [-0.15, -0.1) is 0 Å². The second kappa shape index (κ2) is 35.1. The number of phosphoric ester groups is 1. The van der Waals surface area contributed by atoms with Crippen LogP contribution in [0.15, 0.2) is 97.2 Å². The molecule has 3 atom stereocenters. The van der Waals surface area contributed by atoms with Crippen molar-refractivity contribution in [1.82, 2.24) is 5.32 Å². The monoisotopic (exact) mass is 759 g/mol. The number of hydrogen-bond acceptors (Lipinski definition) is 6. The van der Waals surface area contributed by atoms with Gasteiger partial charge in [-0.05, 0) is 83.5 Å². The maximum atomic E-state index is 12.8. The van der Waals surface area contributed by atoms with Crippen LogP contribution in [0.25, 0.3) is 0 Å². The molecule has 0 aromatic rings. The highest BCUT2D eigenvalue weighted by Gasteiger charge is 2.23. The van der Waals surface area contributed by atoms with Crippen molar-refractivity contribution in [2.24, 2.45) is 0 Å². The SMILES string of the molecule is CC/C=C\C/C=C\C/C=C\C/C=C\C/C=C\CCCCCCCC(=O)NC(COP(=O)([O-])OCC[N+](C)(C)C)C(O)/C=C/CC/C=C/CC/C=C/CC. The first-order chi connectivity index (χ1) is 25.5. The molecule has 0 radical (unpaired) electrons. The van der Waals surface area contributed by atoms with Gasteiger partial charge in [0.25, 0.3) is 7.82 Å². The van der Waals surface area contributed by atoms with Crippen molar-refractivity contribution in [2.75, 3.05) is 40.9 Å². The summed E-state index contributed by atoms with van der Waals surface area (Å²) < 4.78 is 23.0. The average Bonchev–Trinajstić information content (AvgIpc) is 3.10. The molecule has 0 fully saturated rings. The Balaban J connectivity index is 4.50. The minimum absolute atomic E-state index is 0.0194. The summed E-state index contributed by atoms with van der Waals surface area (Å²) >= 11 is 0. The number of carbonyl (C=O) groups excluding carboxylic acids is 1. The minimum Gasteiger partial charge on any atom is -0.756 e. The van der Waals surface area contributed by atoms with Crippen LogP contribution in [0.3, 0.4) is 0 Å². The molecule has 2 N–H and O–H groups in total. The van der Waals surface area contributed by atoms with Crippen LogP contribution in [0.5, 0.6) is 0 Å². The lowest BCUT2D eigenvalue weighted by Gasteiger charge is -2.29. The van der Waals surface area contributed by atoms with Crippen molar-refractivity contribution in [1.29, 1.82) is 0 Å². The molecule has 0 aliphatic rings. The summed E-state index contributed by atoms with van der Waals surface area (Å²) in [5.74, 6) is -0.239. The number of aliphatic hydroxyl groups excluding tert-OH is 1. The number of allylic oxidation sites excluding steroid dienone is 15. The van der Waals surface area contributed by atoms with E-state index in [0.717, 1.165) is 103 Å². The van der Waals surface area contributed by atoms with E-state index >= 15 is 0 Å². The van der Waals surface area contributed by atoms with E-state index in [1.54, 1.807) is 6.08 Å². The van der Waals surface area contributed by atoms with Crippen molar-refractivity contribution in [3.05, 3.63) is 97.2 Å². The molecule has 302 valence electrons. The highest BCUT2D eigenvalue weighted by Crippen LogP contribution is 2.38. The topological polar surface area (TPSA) is 108 Å². The summed E-state index contributed by atoms with van der Waals surface area (Å²) in [5, 5.41) is 13.6. The van der Waals surface area contributed by atoms with Crippen LogP contribution in [0.2, 0.25) is 0 Å². The molecule has 0 spiro atoms. The van der Waals surface area contributed by atoms with E-state index in [1.165, 1.54) is 0 Å². The summed E-state index contributed by atoms with van der Waals surface area (Å²) in [6.45, 7) is 4.32. The van der Waals surface area contributed by atoms with Gasteiger partial charge in [0, 0.05) is 6.42 Å². The highest BCUT2D eigenvalue weighted by atomic mass is 31.2. The molecule has 0 saturated carbocycles. The lowest BCUT2D eigenvalue weighted by molar-refractivity contribution is -0.870. The number of rotatable bonds is 34. The zero-order valence-corrected chi connectivity index (χ0v) is 34.8. The van der Waals surface area contributed by atoms with Crippen LogP contribution >= 0.6 is 7.82 Å². The van der Waals surface area contributed by atoms with Crippen LogP contribution in [0, 0.1) is 0 Å². The van der Waals surface area contributed by atoms with Crippen molar-refractivity contribution in [2.45, 2.75) is 135 Å². The third kappa shape index (κ3) is 37.5. The Morgan fingerprint density at radius 3 is 1.68 bits per heavy atom. The summed E-state index contributed by atoms with van der Waals surface area (Å²) in [7, 11) is 1.20. The van der Waals surface area contributed by atoms with Gasteiger partial charge in [-0.2, -0.15) is 0 Å². The number of phosphoric acid groups is 1. The van der Waals surface area contributed by atoms with Gasteiger partial charge in [0.2, 0.25) is 5.91 Å². The molecule has 0 heterocycles. The molecule has 0 aliphatic heterocycles. The van der Waals surface area contributed by atoms with E-state index < -0.39 is 26.6 Å². The number of aliphatic hydroxyl groups is 1. The predicted octanol–water partition coefficient (Wildman–Crippen LogP) is 10.2. The number of unbranched alkanes of at least 4 members (excludes halogenated alkanes) is 7. The average molecular weight is 759 g/mol. The summed E-state index contributed by atoms with van der Waals surface area (Å²) in [6.07, 6.45) is 48.9. The summed E-state index contributed by atoms with van der Waals surface area (Å²) in [5.41, 5.74) is 0. The van der Waals surface area contributed by atoms with Gasteiger partial charge in [-0.3, -0.25) is 9.36 Å². The second-order valence-corrected chi connectivity index (χ2v) is 15.6. The largest absolute Gasteiger partial charge is 0.756 e. The fourth-order valence-corrected chi connectivity index (χ4v) is 5.58. The number of quaternary nitrogens is 1. The van der Waals surface area contributed by atoms with E-state index in [4.69, 9.17) is 9.05 Å². The summed E-state index contributed by atoms with van der Waals surface area (Å²) in [6, 6.07) is -0.924. The van der Waals surface area contributed by atoms with E-state index in [1.807, 2.05) is 27.2 Å². The van der Waals surface area contributed by atoms with E-state index in [9.17, 15) is 19.4 Å². The molecule has 0 saturated heterocycles. The third-order valence-corrected chi connectivity index (χ3v) is 8.98. The molecule has 0 aliphatic carbocycles. The van der Waals surface area contributed by atoms with Crippen molar-refractivity contribution in [3.63, 3.8) is 0 Å². The van der Waals surface area contributed by atoms with E-state index in [2.05, 4.69) is 104 Å². The number of nitrogens with zero attached hydrogens (tertiary/aromatic N) is 1. The Morgan fingerprint density at radius 2 is 1.11 bits per heavy atom. The number of hydrogen-bond donors (Lipinski definition) is 2. The third-order valence-electron chi connectivity index (χ3n) is 8.02. The summed E-state index contributed by atoms with van der Waals surface area (Å²) in [4.78, 5) is 25.2. The van der Waals surface area contributed by atoms with Gasteiger partial charge < -0.3 is 28.8 Å². The van der Waals surface area contributed by atoms with Crippen molar-refractivity contribution in [3.8, 4) is 0 Å². The molecular formula is C44H75N2O6P. The Kier molecular flexibility index (Phi) is 33.4. The molecule has 0 aromatic carbocycles. The molecule has 0 bridgehead atoms. The van der Waals surface area contributed by atoms with Crippen LogP contribution in [-0.4, -0.2) is 68.5 Å². The zero-order valence-electron chi connectivity index (χ0n) is 33.9. The van der Waals surface area contributed by atoms with E-state index in [0.29, 0.717) is 17.4 Å². The first-order valence-corrected chi connectivity index (χ1v) is 21.6. The standard InChI is InChI=1S/C44H75N2O6P/c1-6-8-10-12-14-16-18-19-20-21-22-23-24-25-26-27-28-30-32-34-36-38-44(48)45-42(41-52-53(49,50)51-40-39-46(3,4)5)43(47)37-35-33-31-29-17-15-13-11-9-7-2/h8-11,14,16-17,19-20,22-23,25-26,29,35,37,42-43,47H,6-7,12-13,15,18,21,24,27-28,30-34,36,38-41H2,1-5H3,(H-,45,48,49,50)/b10-8-,11-9+,16-14-,20-19-,23-22-,26-25-,29-17+,37-35+. The maximum absolute atomic E-state index is 12.8. The van der Waals surface area contributed by atoms with Gasteiger partial charge in [-0.25, -0.2) is 0 Å². The molecule has 53 heavy (non-hydrogen) atoms. The molecule has 0 aromatic heterocycles. The smallest absolute Gasteiger partial charge is 0.268 e. The molecule has 1 amide bonds. The van der Waals surface area contributed by atoms with Crippen LogP contribution in [0.1, 0.15) is 123 Å². The minimum atomic E-state index is -4.60. The fourth-order valence-electron chi connectivity index (χ4n) is 4.86. The fraction of sp³-hybridized carbons (Fsp3) is 0.614. The Hall–Kier alpha value is -2.58. The Bertz CT molecular complexity index is 1180. The van der Waals surface area contributed by atoms with Gasteiger partial charge in [0.05, 0.1) is 39.9 Å². The molecule has 9 heteroatoms. The molecule has 3 unspecified atom stereocenters. The maximum Gasteiger partial charge on any atom is 0.268 e. The van der Waals surface area contributed by atoms with Crippen LogP contribution < -0.4 is 10.2 Å². The number of amides is 1. The van der Waals surface area contributed by atoms with Gasteiger partial charge >= 0.3 is 0 Å². The number of likely N-dealkylation sites (N-methyl/N-ethyl adjacent to an activating group) is 1.